The minimum absolute atomic E-state index is 0.0185. The number of aliphatic hydroxyl groups excluding tert-OH is 1. The summed E-state index contributed by atoms with van der Waals surface area (Å²) in [6, 6.07) is 9.79. The van der Waals surface area contributed by atoms with Gasteiger partial charge in [-0.25, -0.2) is 4.79 Å². The quantitative estimate of drug-likeness (QED) is 0.490. The van der Waals surface area contributed by atoms with E-state index in [0.29, 0.717) is 18.4 Å². The molecule has 0 radical (unpaired) electrons. The van der Waals surface area contributed by atoms with Gasteiger partial charge in [-0.2, -0.15) is 0 Å². The van der Waals surface area contributed by atoms with Crippen molar-refractivity contribution in [2.45, 2.75) is 77.2 Å². The zero-order valence-corrected chi connectivity index (χ0v) is 21.3. The first-order chi connectivity index (χ1) is 17.2. The van der Waals surface area contributed by atoms with Crippen LogP contribution >= 0.6 is 0 Å². The molecule has 1 saturated heterocycles. The maximum absolute atomic E-state index is 13.6. The van der Waals surface area contributed by atoms with Crippen LogP contribution in [0, 0.1) is 39.9 Å². The first-order valence-corrected chi connectivity index (χ1v) is 13.7. The Hall–Kier alpha value is -2.34. The van der Waals surface area contributed by atoms with Crippen LogP contribution in [-0.2, 0) is 20.9 Å². The van der Waals surface area contributed by atoms with Gasteiger partial charge in [-0.15, -0.1) is 0 Å². The lowest BCUT2D eigenvalue weighted by Crippen LogP contribution is -2.65. The third-order valence-electron chi connectivity index (χ3n) is 11.6. The van der Waals surface area contributed by atoms with Crippen LogP contribution in [0.3, 0.4) is 0 Å². The van der Waals surface area contributed by atoms with Gasteiger partial charge in [-0.3, -0.25) is 4.79 Å². The molecule has 6 saturated carbocycles. The number of carbonyl (C=O) groups is 2. The predicted octanol–water partition coefficient (Wildman–Crippen LogP) is 4.71. The first-order valence-electron chi connectivity index (χ1n) is 13.7. The molecule has 1 amide bonds. The number of esters is 1. The van der Waals surface area contributed by atoms with E-state index in [1.807, 2.05) is 35.2 Å². The van der Waals surface area contributed by atoms with Gasteiger partial charge in [-0.05, 0) is 72.3 Å². The Morgan fingerprint density at radius 1 is 1.17 bits per heavy atom. The molecule has 8 rings (SSSR count). The molecule has 1 heterocycles. The van der Waals surface area contributed by atoms with E-state index in [0.717, 1.165) is 49.7 Å². The highest BCUT2D eigenvalue weighted by atomic mass is 16.6. The molecule has 7 aliphatic rings. The molecular weight excluding hydrogens is 454 g/mol. The molecule has 5 bridgehead atoms. The number of carbonyl (C=O) groups excluding carboxylic acids is 2. The Balaban J connectivity index is 1.30. The van der Waals surface area contributed by atoms with Crippen molar-refractivity contribution in [1.82, 2.24) is 4.90 Å². The van der Waals surface area contributed by atoms with Crippen LogP contribution in [0.15, 0.2) is 42.5 Å². The highest BCUT2D eigenvalue weighted by Crippen LogP contribution is 2.82. The largest absolute Gasteiger partial charge is 0.457 e. The summed E-state index contributed by atoms with van der Waals surface area (Å²) in [6.07, 6.45) is 4.77. The van der Waals surface area contributed by atoms with E-state index < -0.39 is 6.10 Å². The van der Waals surface area contributed by atoms with Crippen molar-refractivity contribution in [2.24, 2.45) is 39.9 Å². The van der Waals surface area contributed by atoms with Crippen molar-refractivity contribution in [3.05, 3.63) is 48.0 Å². The molecule has 1 aromatic rings. The van der Waals surface area contributed by atoms with Gasteiger partial charge in [0, 0.05) is 30.3 Å². The van der Waals surface area contributed by atoms with Crippen molar-refractivity contribution in [1.29, 1.82) is 0 Å². The molecule has 1 N–H and O–H groups in total. The lowest BCUT2D eigenvalue weighted by atomic mass is 9.40. The van der Waals surface area contributed by atoms with Crippen molar-refractivity contribution in [3.63, 3.8) is 0 Å². The van der Waals surface area contributed by atoms with Crippen molar-refractivity contribution in [3.8, 4) is 0 Å². The monoisotopic (exact) mass is 491 g/mol. The third kappa shape index (κ3) is 2.62. The van der Waals surface area contributed by atoms with Crippen LogP contribution in [0.2, 0.25) is 0 Å². The highest BCUT2D eigenvalue weighted by molar-refractivity contribution is 5.69. The smallest absolute Gasteiger partial charge is 0.410 e. The lowest BCUT2D eigenvalue weighted by molar-refractivity contribution is -0.193. The summed E-state index contributed by atoms with van der Waals surface area (Å²) >= 11 is 0. The van der Waals surface area contributed by atoms with Crippen LogP contribution in [0.4, 0.5) is 4.79 Å². The van der Waals surface area contributed by atoms with Crippen LogP contribution in [0.1, 0.15) is 57.9 Å². The van der Waals surface area contributed by atoms with E-state index >= 15 is 0 Å². The third-order valence-corrected chi connectivity index (χ3v) is 11.6. The standard InChI is InChI=1S/C30H37NO5/c1-17-20-12-21-25(33)29-11-7-10-28(3)16-31(27(34)35-15-19-8-5-4-6-9-19)22(24(28)29)14-30(21,23(29)13-20)26(17)36-18(2)32/h4-6,8-9,20-26,33H,1,7,10-16H2,2-3H3/t20-,21?,22-,23-,24+,25?,26+,28-,29+,30+/m0/s1. The van der Waals surface area contributed by atoms with Crippen LogP contribution in [0.5, 0.6) is 0 Å². The molecule has 2 spiro atoms. The van der Waals surface area contributed by atoms with E-state index in [2.05, 4.69) is 13.5 Å². The number of rotatable bonds is 3. The van der Waals surface area contributed by atoms with Crippen LogP contribution in [0.25, 0.3) is 0 Å². The highest BCUT2D eigenvalue weighted by Gasteiger charge is 2.83. The molecule has 2 unspecified atom stereocenters. The molecular formula is C30H37NO5. The van der Waals surface area contributed by atoms with Gasteiger partial charge in [0.05, 0.1) is 6.10 Å². The summed E-state index contributed by atoms with van der Waals surface area (Å²) in [5, 5.41) is 12.2. The number of amides is 1. The second-order valence-electron chi connectivity index (χ2n) is 13.0. The number of hydrogen-bond acceptors (Lipinski definition) is 5. The Bertz CT molecular complexity index is 1140. The fraction of sp³-hybridized carbons (Fsp3) is 0.667. The Morgan fingerprint density at radius 3 is 2.69 bits per heavy atom. The van der Waals surface area contributed by atoms with Gasteiger partial charge < -0.3 is 19.5 Å². The minimum atomic E-state index is -0.423. The number of likely N-dealkylation sites (tertiary alicyclic amines) is 1. The normalized spacial score (nSPS) is 47.5. The Kier molecular flexibility index (Phi) is 4.67. The van der Waals surface area contributed by atoms with Crippen LogP contribution in [-0.4, -0.2) is 46.9 Å². The molecule has 192 valence electrons. The summed E-state index contributed by atoms with van der Waals surface area (Å²) in [6.45, 7) is 9.16. The number of fused-ring (bicyclic) bond motifs is 1. The van der Waals surface area contributed by atoms with Gasteiger partial charge in [0.2, 0.25) is 0 Å². The number of nitrogens with zero attached hydrogens (tertiary/aromatic N) is 1. The van der Waals surface area contributed by atoms with Gasteiger partial charge in [0.25, 0.3) is 0 Å². The second-order valence-corrected chi connectivity index (χ2v) is 13.0. The second kappa shape index (κ2) is 7.37. The molecule has 6 aliphatic carbocycles. The zero-order chi connectivity index (χ0) is 25.0. The molecule has 1 aromatic carbocycles. The average molecular weight is 492 g/mol. The topological polar surface area (TPSA) is 76.1 Å². The van der Waals surface area contributed by atoms with Gasteiger partial charge in [0.1, 0.15) is 12.7 Å². The van der Waals surface area contributed by atoms with E-state index in [1.165, 1.54) is 6.92 Å². The summed E-state index contributed by atoms with van der Waals surface area (Å²) in [7, 11) is 0. The molecule has 7 fully saturated rings. The predicted molar refractivity (Wildman–Crippen MR) is 132 cm³/mol. The van der Waals surface area contributed by atoms with Crippen molar-refractivity contribution < 1.29 is 24.2 Å². The average Bonchev–Trinajstić information content (AvgIpc) is 3.16. The summed E-state index contributed by atoms with van der Waals surface area (Å²) in [5.41, 5.74) is 1.38. The first kappa shape index (κ1) is 22.8. The maximum atomic E-state index is 13.6. The van der Waals surface area contributed by atoms with Crippen molar-refractivity contribution in [2.75, 3.05) is 6.54 Å². The number of hydrogen-bond donors (Lipinski definition) is 1. The number of aliphatic hydroxyl groups is 1. The van der Waals surface area contributed by atoms with Crippen LogP contribution < -0.4 is 0 Å². The van der Waals surface area contributed by atoms with Gasteiger partial charge in [0.15, 0.2) is 0 Å². The van der Waals surface area contributed by atoms with Gasteiger partial charge in [-0.1, -0.05) is 50.3 Å². The summed E-state index contributed by atoms with van der Waals surface area (Å²) in [4.78, 5) is 27.9. The Labute approximate surface area is 213 Å². The molecule has 6 heteroatoms. The number of ether oxygens (including phenoxy) is 2. The maximum Gasteiger partial charge on any atom is 0.410 e. The van der Waals surface area contributed by atoms with E-state index in [1.54, 1.807) is 0 Å². The van der Waals surface area contributed by atoms with E-state index in [-0.39, 0.29) is 58.9 Å². The minimum Gasteiger partial charge on any atom is -0.457 e. The molecule has 36 heavy (non-hydrogen) atoms. The zero-order valence-electron chi connectivity index (χ0n) is 21.3. The van der Waals surface area contributed by atoms with E-state index in [4.69, 9.17) is 9.47 Å². The summed E-state index contributed by atoms with van der Waals surface area (Å²) in [5.74, 6) is 0.653. The Morgan fingerprint density at radius 2 is 1.94 bits per heavy atom. The fourth-order valence-corrected chi connectivity index (χ4v) is 10.9. The van der Waals surface area contributed by atoms with Crippen molar-refractivity contribution >= 4 is 12.1 Å². The lowest BCUT2D eigenvalue weighted by Gasteiger charge is -2.65. The molecule has 1 aliphatic heterocycles. The fourth-order valence-electron chi connectivity index (χ4n) is 10.9. The SMILES string of the molecule is C=C1[C@H]2CC3C(O)[C@]45CCC[C@@]6(C)CN(C(=O)OCc7ccccc7)[C@@H](C[C@@]3([C@H]4C2)[C@@H]1OC(C)=O)[C@H]65. The number of benzene rings is 1. The summed E-state index contributed by atoms with van der Waals surface area (Å²) < 4.78 is 11.9. The van der Waals surface area contributed by atoms with E-state index in [9.17, 15) is 14.7 Å². The molecule has 0 aromatic heterocycles. The van der Waals surface area contributed by atoms with Gasteiger partial charge >= 0.3 is 12.1 Å². The molecule has 6 nitrogen and oxygen atoms in total. The molecule has 10 atom stereocenters.